The zero-order chi connectivity index (χ0) is 21.8. The molecule has 2 aromatic carbocycles. The Hall–Kier alpha value is -3.33. The molecule has 0 aliphatic carbocycles. The number of hydrogen-bond donors (Lipinski definition) is 1. The minimum absolute atomic E-state index is 0.0463. The molecule has 1 fully saturated rings. The Labute approximate surface area is 180 Å². The lowest BCUT2D eigenvalue weighted by Crippen LogP contribution is -2.38. The molecule has 1 N–H and O–H groups in total. The molecule has 9 nitrogen and oxygen atoms in total. The third-order valence-corrected chi connectivity index (χ3v) is 5.44. The van der Waals surface area contributed by atoms with E-state index >= 15 is 0 Å². The lowest BCUT2D eigenvalue weighted by atomic mass is 10.0. The van der Waals surface area contributed by atoms with Crippen molar-refractivity contribution >= 4 is 22.8 Å². The van der Waals surface area contributed by atoms with E-state index in [0.717, 1.165) is 44.0 Å². The minimum Gasteiger partial charge on any atom is -0.493 e. The molecule has 2 heterocycles. The average Bonchev–Trinajstić information content (AvgIpc) is 3.18. The van der Waals surface area contributed by atoms with E-state index in [1.165, 1.54) is 11.6 Å². The number of para-hydroxylation sites is 1. The molecule has 0 bridgehead atoms. The Bertz CT molecular complexity index is 1060. The van der Waals surface area contributed by atoms with Gasteiger partial charge >= 0.3 is 0 Å². The Morgan fingerprint density at radius 2 is 2.06 bits per heavy atom. The van der Waals surface area contributed by atoms with Crippen molar-refractivity contribution < 1.29 is 18.8 Å². The van der Waals surface area contributed by atoms with Crippen LogP contribution in [0, 0.1) is 10.1 Å². The number of hydrogen-bond acceptors (Lipinski definition) is 8. The number of non-ortho nitro benzene ring substituents is 1. The van der Waals surface area contributed by atoms with Crippen molar-refractivity contribution in [2.75, 3.05) is 32.1 Å². The normalized spacial score (nSPS) is 15.2. The fourth-order valence-electron chi connectivity index (χ4n) is 3.90. The van der Waals surface area contributed by atoms with Gasteiger partial charge in [0.2, 0.25) is 0 Å². The van der Waals surface area contributed by atoms with Crippen LogP contribution in [-0.4, -0.2) is 47.7 Å². The van der Waals surface area contributed by atoms with Gasteiger partial charge in [0.25, 0.3) is 11.7 Å². The maximum Gasteiger partial charge on any atom is 0.298 e. The van der Waals surface area contributed by atoms with Crippen LogP contribution in [0.2, 0.25) is 0 Å². The number of anilines is 1. The van der Waals surface area contributed by atoms with Gasteiger partial charge in [0.1, 0.15) is 0 Å². The summed E-state index contributed by atoms with van der Waals surface area (Å²) < 4.78 is 16.7. The van der Waals surface area contributed by atoms with Crippen LogP contribution >= 0.6 is 0 Å². The highest BCUT2D eigenvalue weighted by Crippen LogP contribution is 2.30. The summed E-state index contributed by atoms with van der Waals surface area (Å²) in [6.07, 6.45) is 1.85. The number of oxazole rings is 1. The molecule has 0 atom stereocenters. The standard InChI is InChI=1S/C22H26N4O5/c1-3-30-20-13-15(7-8-18(20)29-2)14-25-11-9-16(10-12-25)23-22-24-21-17(26(27)28)5-4-6-19(21)31-22/h4-8,13,16H,3,9-12,14H2,1-2H3,(H,23,24). The Kier molecular flexibility index (Phi) is 6.22. The van der Waals surface area contributed by atoms with Gasteiger partial charge in [0.15, 0.2) is 22.6 Å². The molecule has 0 unspecified atom stereocenters. The molecular weight excluding hydrogens is 400 g/mol. The molecule has 1 aliphatic heterocycles. The smallest absolute Gasteiger partial charge is 0.298 e. The first-order valence-electron chi connectivity index (χ1n) is 10.4. The van der Waals surface area contributed by atoms with Crippen LogP contribution < -0.4 is 14.8 Å². The number of fused-ring (bicyclic) bond motifs is 1. The molecule has 1 aliphatic rings. The van der Waals surface area contributed by atoms with E-state index < -0.39 is 4.92 Å². The summed E-state index contributed by atoms with van der Waals surface area (Å²) >= 11 is 0. The van der Waals surface area contributed by atoms with Gasteiger partial charge in [-0.2, -0.15) is 4.98 Å². The van der Waals surface area contributed by atoms with Crippen LogP contribution in [0.4, 0.5) is 11.7 Å². The van der Waals surface area contributed by atoms with Gasteiger partial charge in [-0.1, -0.05) is 12.1 Å². The van der Waals surface area contributed by atoms with Crippen LogP contribution in [0.15, 0.2) is 40.8 Å². The van der Waals surface area contributed by atoms with E-state index in [1.807, 2.05) is 19.1 Å². The predicted octanol–water partition coefficient (Wildman–Crippen LogP) is 4.22. The first-order chi connectivity index (χ1) is 15.1. The summed E-state index contributed by atoms with van der Waals surface area (Å²) in [5, 5.41) is 14.5. The van der Waals surface area contributed by atoms with E-state index in [4.69, 9.17) is 13.9 Å². The van der Waals surface area contributed by atoms with Crippen LogP contribution in [0.3, 0.4) is 0 Å². The molecular formula is C22H26N4O5. The number of aromatic nitrogens is 1. The highest BCUT2D eigenvalue weighted by molar-refractivity contribution is 5.84. The lowest BCUT2D eigenvalue weighted by molar-refractivity contribution is -0.383. The van der Waals surface area contributed by atoms with E-state index in [-0.39, 0.29) is 17.2 Å². The summed E-state index contributed by atoms with van der Waals surface area (Å²) in [5.74, 6) is 1.51. The Balaban J connectivity index is 1.35. The molecule has 9 heteroatoms. The van der Waals surface area contributed by atoms with E-state index in [9.17, 15) is 10.1 Å². The van der Waals surface area contributed by atoms with Crippen molar-refractivity contribution in [2.24, 2.45) is 0 Å². The second kappa shape index (κ2) is 9.22. The number of benzene rings is 2. The maximum atomic E-state index is 11.2. The van der Waals surface area contributed by atoms with Gasteiger partial charge in [0.05, 0.1) is 18.6 Å². The quantitative estimate of drug-likeness (QED) is 0.422. The van der Waals surface area contributed by atoms with Crippen molar-refractivity contribution in [1.82, 2.24) is 9.88 Å². The van der Waals surface area contributed by atoms with Crippen LogP contribution in [-0.2, 0) is 6.54 Å². The Morgan fingerprint density at radius 3 is 2.77 bits per heavy atom. The molecule has 3 aromatic rings. The molecule has 1 aromatic heterocycles. The van der Waals surface area contributed by atoms with Crippen molar-refractivity contribution in [3.8, 4) is 11.5 Å². The third kappa shape index (κ3) is 4.72. The number of nitro benzene ring substituents is 1. The van der Waals surface area contributed by atoms with Crippen molar-refractivity contribution in [1.29, 1.82) is 0 Å². The zero-order valence-corrected chi connectivity index (χ0v) is 17.7. The number of methoxy groups -OCH3 is 1. The average molecular weight is 426 g/mol. The zero-order valence-electron chi connectivity index (χ0n) is 17.7. The minimum atomic E-state index is -0.441. The highest BCUT2D eigenvalue weighted by Gasteiger charge is 2.23. The van der Waals surface area contributed by atoms with Crippen LogP contribution in [0.25, 0.3) is 11.1 Å². The van der Waals surface area contributed by atoms with Crippen LogP contribution in [0.5, 0.6) is 11.5 Å². The third-order valence-electron chi connectivity index (χ3n) is 5.44. The van der Waals surface area contributed by atoms with Crippen LogP contribution in [0.1, 0.15) is 25.3 Å². The molecule has 0 spiro atoms. The second-order valence-corrected chi connectivity index (χ2v) is 7.51. The van der Waals surface area contributed by atoms with Gasteiger partial charge in [0, 0.05) is 31.7 Å². The number of likely N-dealkylation sites (tertiary alicyclic amines) is 1. The fraction of sp³-hybridized carbons (Fsp3) is 0.409. The Morgan fingerprint density at radius 1 is 1.26 bits per heavy atom. The molecule has 0 saturated carbocycles. The van der Waals surface area contributed by atoms with E-state index in [0.29, 0.717) is 18.2 Å². The molecule has 4 rings (SSSR count). The SMILES string of the molecule is CCOc1cc(CN2CCC(Nc3nc4c([N+](=O)[O-])cccc4o3)CC2)ccc1OC. The van der Waals surface area contributed by atoms with E-state index in [1.54, 1.807) is 19.2 Å². The molecule has 0 radical (unpaired) electrons. The van der Waals surface area contributed by atoms with Gasteiger partial charge in [-0.25, -0.2) is 0 Å². The number of piperidine rings is 1. The topological polar surface area (TPSA) is 103 Å². The number of nitrogens with one attached hydrogen (secondary N) is 1. The summed E-state index contributed by atoms with van der Waals surface area (Å²) in [7, 11) is 1.64. The number of ether oxygens (including phenoxy) is 2. The molecule has 1 saturated heterocycles. The van der Waals surface area contributed by atoms with Gasteiger partial charge in [-0.15, -0.1) is 0 Å². The number of nitro groups is 1. The second-order valence-electron chi connectivity index (χ2n) is 7.51. The van der Waals surface area contributed by atoms with Gasteiger partial charge < -0.3 is 19.2 Å². The van der Waals surface area contributed by atoms with Gasteiger partial charge in [-0.3, -0.25) is 15.0 Å². The highest BCUT2D eigenvalue weighted by atomic mass is 16.6. The molecule has 31 heavy (non-hydrogen) atoms. The first-order valence-corrected chi connectivity index (χ1v) is 10.4. The summed E-state index contributed by atoms with van der Waals surface area (Å²) in [4.78, 5) is 17.4. The van der Waals surface area contributed by atoms with E-state index in [2.05, 4.69) is 21.3 Å². The van der Waals surface area contributed by atoms with Crippen molar-refractivity contribution in [2.45, 2.75) is 32.4 Å². The summed E-state index contributed by atoms with van der Waals surface area (Å²) in [6.45, 7) is 5.24. The summed E-state index contributed by atoms with van der Waals surface area (Å²) in [5.41, 5.74) is 1.83. The first kappa shape index (κ1) is 20.9. The monoisotopic (exact) mass is 426 g/mol. The van der Waals surface area contributed by atoms with Crippen molar-refractivity contribution in [3.05, 3.63) is 52.1 Å². The predicted molar refractivity (Wildman–Crippen MR) is 117 cm³/mol. The lowest BCUT2D eigenvalue weighted by Gasteiger charge is -2.32. The molecule has 164 valence electrons. The fourth-order valence-corrected chi connectivity index (χ4v) is 3.90. The number of rotatable bonds is 8. The van der Waals surface area contributed by atoms with Crippen molar-refractivity contribution in [3.63, 3.8) is 0 Å². The van der Waals surface area contributed by atoms with Gasteiger partial charge in [-0.05, 0) is 43.5 Å². The summed E-state index contributed by atoms with van der Waals surface area (Å²) in [6, 6.07) is 11.3. The molecule has 0 amide bonds. The number of nitrogens with zero attached hydrogens (tertiary/aromatic N) is 3. The largest absolute Gasteiger partial charge is 0.493 e. The maximum absolute atomic E-state index is 11.2.